The lowest BCUT2D eigenvalue weighted by Crippen LogP contribution is -2.15. The number of halogens is 1. The highest BCUT2D eigenvalue weighted by molar-refractivity contribution is 9.10. The van der Waals surface area contributed by atoms with Crippen molar-refractivity contribution in [2.45, 2.75) is 38.2 Å². The largest absolute Gasteiger partial charge is 0.454 e. The minimum atomic E-state index is -0.393. The molecule has 98 valence electrons. The van der Waals surface area contributed by atoms with Gasteiger partial charge in [0, 0.05) is 0 Å². The van der Waals surface area contributed by atoms with Gasteiger partial charge in [-0.25, -0.2) is 0 Å². The summed E-state index contributed by atoms with van der Waals surface area (Å²) in [5.74, 6) is 1.86. The lowest BCUT2D eigenvalue weighted by molar-refractivity contribution is 0.0846. The van der Waals surface area contributed by atoms with Crippen molar-refractivity contribution in [3.63, 3.8) is 0 Å². The Morgan fingerprint density at radius 1 is 1.17 bits per heavy atom. The number of ether oxygens (including phenoxy) is 2. The third-order valence-corrected chi connectivity index (χ3v) is 4.48. The van der Waals surface area contributed by atoms with E-state index in [1.807, 2.05) is 12.1 Å². The van der Waals surface area contributed by atoms with Gasteiger partial charge < -0.3 is 14.6 Å². The van der Waals surface area contributed by atoms with E-state index >= 15 is 0 Å². The van der Waals surface area contributed by atoms with Crippen molar-refractivity contribution in [3.05, 3.63) is 22.2 Å². The number of aliphatic hydroxyl groups is 1. The van der Waals surface area contributed by atoms with Crippen LogP contribution in [0.3, 0.4) is 0 Å². The van der Waals surface area contributed by atoms with Gasteiger partial charge in [0.25, 0.3) is 0 Å². The van der Waals surface area contributed by atoms with Gasteiger partial charge in [-0.2, -0.15) is 0 Å². The molecule has 1 aromatic carbocycles. The number of hydrogen-bond acceptors (Lipinski definition) is 3. The summed E-state index contributed by atoms with van der Waals surface area (Å²) < 4.78 is 11.6. The molecular weight excluding hydrogens is 296 g/mol. The number of fused-ring (bicyclic) bond motifs is 1. The maximum atomic E-state index is 10.5. The van der Waals surface area contributed by atoms with Crippen LogP contribution in [0.5, 0.6) is 11.5 Å². The van der Waals surface area contributed by atoms with Crippen LogP contribution in [0, 0.1) is 5.92 Å². The van der Waals surface area contributed by atoms with Gasteiger partial charge in [0.2, 0.25) is 6.79 Å². The van der Waals surface area contributed by atoms with Gasteiger partial charge in [0.05, 0.1) is 10.6 Å². The summed E-state index contributed by atoms with van der Waals surface area (Å²) in [6.07, 6.45) is 5.60. The Balaban J connectivity index is 1.85. The molecule has 1 aliphatic carbocycles. The third kappa shape index (κ3) is 2.24. The maximum Gasteiger partial charge on any atom is 0.231 e. The Morgan fingerprint density at radius 2 is 1.94 bits per heavy atom. The molecule has 0 aromatic heterocycles. The Labute approximate surface area is 115 Å². The Hall–Kier alpha value is -0.740. The molecule has 3 rings (SSSR count). The third-order valence-electron chi connectivity index (χ3n) is 3.89. The van der Waals surface area contributed by atoms with Gasteiger partial charge in [-0.3, -0.25) is 0 Å². The van der Waals surface area contributed by atoms with Crippen LogP contribution in [-0.2, 0) is 0 Å². The molecule has 1 N–H and O–H groups in total. The average molecular weight is 313 g/mol. The normalized spacial score (nSPS) is 21.0. The van der Waals surface area contributed by atoms with Crippen molar-refractivity contribution < 1.29 is 14.6 Å². The van der Waals surface area contributed by atoms with E-state index in [-0.39, 0.29) is 6.79 Å². The molecule has 2 aliphatic rings. The molecule has 1 aliphatic heterocycles. The summed E-state index contributed by atoms with van der Waals surface area (Å²) in [5.41, 5.74) is 0.929. The summed E-state index contributed by atoms with van der Waals surface area (Å²) in [6, 6.07) is 3.86. The Bertz CT molecular complexity index is 441. The molecule has 1 fully saturated rings. The molecule has 18 heavy (non-hydrogen) atoms. The highest BCUT2D eigenvalue weighted by Crippen LogP contribution is 2.43. The first kappa shape index (κ1) is 12.3. The summed E-state index contributed by atoms with van der Waals surface area (Å²) >= 11 is 3.47. The quantitative estimate of drug-likeness (QED) is 0.903. The van der Waals surface area contributed by atoms with E-state index in [2.05, 4.69) is 15.9 Å². The first-order chi connectivity index (χ1) is 8.75. The smallest absolute Gasteiger partial charge is 0.231 e. The second kappa shape index (κ2) is 5.10. The zero-order chi connectivity index (χ0) is 12.5. The zero-order valence-corrected chi connectivity index (χ0v) is 11.8. The average Bonchev–Trinajstić information content (AvgIpc) is 2.88. The molecule has 0 saturated heterocycles. The molecule has 1 unspecified atom stereocenters. The van der Waals surface area contributed by atoms with Crippen molar-refractivity contribution in [2.24, 2.45) is 5.92 Å². The first-order valence-corrected chi connectivity index (χ1v) is 7.32. The summed E-state index contributed by atoms with van der Waals surface area (Å²) in [5, 5.41) is 10.5. The topological polar surface area (TPSA) is 38.7 Å². The van der Waals surface area contributed by atoms with Gasteiger partial charge in [-0.1, -0.05) is 19.3 Å². The van der Waals surface area contributed by atoms with Gasteiger partial charge in [0.1, 0.15) is 0 Å². The number of benzene rings is 1. The van der Waals surface area contributed by atoms with Crippen molar-refractivity contribution in [2.75, 3.05) is 6.79 Å². The fourth-order valence-corrected chi connectivity index (χ4v) is 3.45. The lowest BCUT2D eigenvalue weighted by Gasteiger charge is -2.27. The molecule has 0 spiro atoms. The van der Waals surface area contributed by atoms with Crippen LogP contribution in [0.25, 0.3) is 0 Å². The van der Waals surface area contributed by atoms with E-state index in [0.717, 1.165) is 34.4 Å². The van der Waals surface area contributed by atoms with Crippen LogP contribution in [-0.4, -0.2) is 11.9 Å². The molecule has 4 heteroatoms. The molecule has 0 amide bonds. The van der Waals surface area contributed by atoms with E-state index in [0.29, 0.717) is 5.92 Å². The molecule has 3 nitrogen and oxygen atoms in total. The predicted molar refractivity (Wildman–Crippen MR) is 71.8 cm³/mol. The fraction of sp³-hybridized carbons (Fsp3) is 0.571. The fourth-order valence-electron chi connectivity index (χ4n) is 2.88. The Kier molecular flexibility index (Phi) is 3.48. The molecular formula is C14H17BrO3. The molecule has 1 atom stereocenters. The summed E-state index contributed by atoms with van der Waals surface area (Å²) in [4.78, 5) is 0. The minimum Gasteiger partial charge on any atom is -0.454 e. The maximum absolute atomic E-state index is 10.5. The first-order valence-electron chi connectivity index (χ1n) is 6.53. The van der Waals surface area contributed by atoms with Crippen LogP contribution in [0.2, 0.25) is 0 Å². The second-order valence-corrected chi connectivity index (χ2v) is 5.93. The van der Waals surface area contributed by atoms with E-state index < -0.39 is 6.10 Å². The van der Waals surface area contributed by atoms with Crippen molar-refractivity contribution in [1.82, 2.24) is 0 Å². The molecule has 1 heterocycles. The van der Waals surface area contributed by atoms with E-state index in [9.17, 15) is 5.11 Å². The van der Waals surface area contributed by atoms with E-state index in [4.69, 9.17) is 9.47 Å². The lowest BCUT2D eigenvalue weighted by atomic mass is 9.83. The van der Waals surface area contributed by atoms with Gasteiger partial charge >= 0.3 is 0 Å². The summed E-state index contributed by atoms with van der Waals surface area (Å²) in [7, 11) is 0. The van der Waals surface area contributed by atoms with Gasteiger partial charge in [-0.15, -0.1) is 0 Å². The minimum absolute atomic E-state index is 0.261. The van der Waals surface area contributed by atoms with E-state index in [1.165, 1.54) is 19.3 Å². The van der Waals surface area contributed by atoms with Gasteiger partial charge in [-0.05, 0) is 52.4 Å². The van der Waals surface area contributed by atoms with E-state index in [1.54, 1.807) is 0 Å². The number of hydrogen-bond donors (Lipinski definition) is 1. The van der Waals surface area contributed by atoms with Crippen LogP contribution in [0.1, 0.15) is 43.8 Å². The SMILES string of the molecule is OC(c1cc(Br)c2c(c1)OCO2)C1CCCCC1. The molecule has 1 saturated carbocycles. The van der Waals surface area contributed by atoms with Gasteiger partial charge in [0.15, 0.2) is 11.5 Å². The number of aliphatic hydroxyl groups excluding tert-OH is 1. The van der Waals surface area contributed by atoms with Crippen LogP contribution in [0.15, 0.2) is 16.6 Å². The highest BCUT2D eigenvalue weighted by atomic mass is 79.9. The Morgan fingerprint density at radius 3 is 2.72 bits per heavy atom. The second-order valence-electron chi connectivity index (χ2n) is 5.08. The summed E-state index contributed by atoms with van der Waals surface area (Å²) in [6.45, 7) is 0.261. The van der Waals surface area contributed by atoms with Crippen LogP contribution < -0.4 is 9.47 Å². The van der Waals surface area contributed by atoms with Crippen LogP contribution in [0.4, 0.5) is 0 Å². The zero-order valence-electron chi connectivity index (χ0n) is 10.2. The van der Waals surface area contributed by atoms with Crippen molar-refractivity contribution in [3.8, 4) is 11.5 Å². The molecule has 0 radical (unpaired) electrons. The standard InChI is InChI=1S/C14H17BrO3/c15-11-6-10(7-12-14(11)18-8-17-12)13(16)9-4-2-1-3-5-9/h6-7,9,13,16H,1-5,8H2. The monoisotopic (exact) mass is 312 g/mol. The van der Waals surface area contributed by atoms with Crippen molar-refractivity contribution >= 4 is 15.9 Å². The molecule has 0 bridgehead atoms. The number of rotatable bonds is 2. The van der Waals surface area contributed by atoms with Crippen molar-refractivity contribution in [1.29, 1.82) is 0 Å². The highest BCUT2D eigenvalue weighted by Gasteiger charge is 2.26. The van der Waals surface area contributed by atoms with Crippen LogP contribution >= 0.6 is 15.9 Å². The predicted octanol–water partition coefficient (Wildman–Crippen LogP) is 3.79. The molecule has 1 aromatic rings.